The van der Waals surface area contributed by atoms with Gasteiger partial charge in [0, 0.05) is 31.6 Å². The maximum atomic E-state index is 13.0. The molecule has 0 aromatic heterocycles. The third kappa shape index (κ3) is 10.1. The number of amides is 1. The molecule has 1 amide bonds. The Morgan fingerprint density at radius 1 is 0.864 bits per heavy atom. The Morgan fingerprint density at radius 3 is 1.91 bits per heavy atom. The first kappa shape index (κ1) is 34.5. The van der Waals surface area contributed by atoms with Crippen LogP contribution in [0.5, 0.6) is 0 Å². The van der Waals surface area contributed by atoms with Crippen molar-refractivity contribution in [2.24, 2.45) is 5.92 Å². The van der Waals surface area contributed by atoms with Crippen LogP contribution in [0.1, 0.15) is 29.0 Å². The smallest absolute Gasteiger partial charge is 0.475 e. The van der Waals surface area contributed by atoms with Gasteiger partial charge in [0.25, 0.3) is 0 Å². The van der Waals surface area contributed by atoms with Crippen LogP contribution in [0.3, 0.4) is 0 Å². The van der Waals surface area contributed by atoms with Crippen LogP contribution < -0.4 is 15.4 Å². The van der Waals surface area contributed by atoms with Crippen molar-refractivity contribution < 1.29 is 49.5 Å². The number of carboxylic acids is 1. The Bertz CT molecular complexity index is 1460. The molecule has 3 aromatic carbocycles. The van der Waals surface area contributed by atoms with Crippen molar-refractivity contribution in [3.63, 3.8) is 0 Å². The number of aliphatic carboxylic acids is 1. The molecule has 1 aliphatic rings. The molecule has 44 heavy (non-hydrogen) atoms. The number of carbonyl (C=O) groups excluding carboxylic acids is 1. The summed E-state index contributed by atoms with van der Waals surface area (Å²) in [7, 11) is -4.21. The molecule has 1 fully saturated rings. The zero-order valence-corrected chi connectivity index (χ0v) is 23.7. The molecule has 0 bridgehead atoms. The topological polar surface area (TPSA) is 125 Å². The van der Waals surface area contributed by atoms with Crippen molar-refractivity contribution in [2.45, 2.75) is 35.6 Å². The summed E-state index contributed by atoms with van der Waals surface area (Å²) in [6.45, 7) is 0.998. The predicted molar refractivity (Wildman–Crippen MR) is 148 cm³/mol. The highest BCUT2D eigenvalue weighted by Crippen LogP contribution is 2.30. The maximum absolute atomic E-state index is 13.0. The van der Waals surface area contributed by atoms with Crippen molar-refractivity contribution in [2.75, 3.05) is 19.6 Å². The van der Waals surface area contributed by atoms with Crippen molar-refractivity contribution in [1.82, 2.24) is 15.4 Å². The summed E-state index contributed by atoms with van der Waals surface area (Å²) in [4.78, 5) is 21.5. The third-order valence-corrected chi connectivity index (χ3v) is 8.16. The van der Waals surface area contributed by atoms with Gasteiger partial charge in [0.15, 0.2) is 0 Å². The van der Waals surface area contributed by atoms with Crippen LogP contribution in [0.4, 0.5) is 26.3 Å². The summed E-state index contributed by atoms with van der Waals surface area (Å²) in [6, 6.07) is 22.6. The van der Waals surface area contributed by atoms with Gasteiger partial charge in [-0.3, -0.25) is 4.79 Å². The first-order chi connectivity index (χ1) is 20.6. The molecule has 2 atom stereocenters. The molecular weight excluding hydrogens is 616 g/mol. The highest BCUT2D eigenvalue weighted by atomic mass is 32.2. The molecule has 238 valence electrons. The maximum Gasteiger partial charge on any atom is 0.490 e. The summed E-state index contributed by atoms with van der Waals surface area (Å²) in [5, 5.41) is 13.2. The Labute approximate surface area is 249 Å². The van der Waals surface area contributed by atoms with E-state index in [4.69, 9.17) is 9.90 Å². The molecule has 0 radical (unpaired) electrons. The molecule has 1 heterocycles. The van der Waals surface area contributed by atoms with E-state index >= 15 is 0 Å². The number of rotatable bonds is 8. The average Bonchev–Trinajstić information content (AvgIpc) is 2.98. The number of hydrogen-bond donors (Lipinski definition) is 4. The highest BCUT2D eigenvalue weighted by molar-refractivity contribution is 7.89. The largest absolute Gasteiger partial charge is 0.490 e. The van der Waals surface area contributed by atoms with E-state index in [-0.39, 0.29) is 24.8 Å². The van der Waals surface area contributed by atoms with E-state index in [2.05, 4.69) is 15.4 Å². The van der Waals surface area contributed by atoms with E-state index in [0.29, 0.717) is 19.2 Å². The van der Waals surface area contributed by atoms with Crippen molar-refractivity contribution in [1.29, 1.82) is 0 Å². The average molecular weight is 646 g/mol. The molecule has 0 unspecified atom stereocenters. The second-order valence-corrected chi connectivity index (χ2v) is 11.6. The molecule has 0 spiro atoms. The van der Waals surface area contributed by atoms with Crippen LogP contribution in [-0.4, -0.2) is 57.3 Å². The monoisotopic (exact) mass is 645 g/mol. The second kappa shape index (κ2) is 14.7. The molecule has 0 aliphatic carbocycles. The van der Waals surface area contributed by atoms with E-state index in [1.807, 2.05) is 60.7 Å². The lowest BCUT2D eigenvalue weighted by Crippen LogP contribution is -2.52. The first-order valence-electron chi connectivity index (χ1n) is 13.2. The summed E-state index contributed by atoms with van der Waals surface area (Å²) >= 11 is 0. The summed E-state index contributed by atoms with van der Waals surface area (Å²) < 4.78 is 98.8. The van der Waals surface area contributed by atoms with Crippen LogP contribution in [0, 0.1) is 5.92 Å². The number of hydrogen-bond acceptors (Lipinski definition) is 5. The number of alkyl halides is 6. The van der Waals surface area contributed by atoms with Crippen molar-refractivity contribution >= 4 is 21.9 Å². The number of piperidine rings is 1. The highest BCUT2D eigenvalue weighted by Gasteiger charge is 2.38. The Morgan fingerprint density at radius 2 is 1.41 bits per heavy atom. The number of carboxylic acid groups (broad SMARTS) is 1. The normalized spacial score (nSPS) is 17.3. The SMILES string of the molecule is O=C(NCC(c1ccccc1)c1ccccc1)[C@@H]1CNC[C@H](NS(=O)(=O)c2cccc(C(F)(F)F)c2)C1.O=C(O)C(F)(F)F. The molecular formula is C29H29F6N3O5S. The van der Waals surface area contributed by atoms with E-state index in [1.165, 1.54) is 0 Å². The Kier molecular flexibility index (Phi) is 11.5. The van der Waals surface area contributed by atoms with E-state index in [0.717, 1.165) is 29.3 Å². The third-order valence-electron chi connectivity index (χ3n) is 6.64. The molecule has 1 saturated heterocycles. The van der Waals surface area contributed by atoms with Gasteiger partial charge >= 0.3 is 18.3 Å². The standard InChI is InChI=1S/C27H28F3N3O3S.C2HF3O2/c28-27(29,30)22-12-7-13-24(15-22)37(35,36)33-23-14-21(16-31-17-23)26(34)32-18-25(19-8-3-1-4-9-19)20-10-5-2-6-11-20;3-2(4,5)1(6)7/h1-13,15,21,23,25,31,33H,14,16-18H2,(H,32,34);(H,6,7)/t21-,23+;/m0./s1. The van der Waals surface area contributed by atoms with Crippen LogP contribution in [0.25, 0.3) is 0 Å². The van der Waals surface area contributed by atoms with Crippen molar-refractivity contribution in [3.05, 3.63) is 102 Å². The lowest BCUT2D eigenvalue weighted by molar-refractivity contribution is -0.192. The number of halogens is 6. The first-order valence-corrected chi connectivity index (χ1v) is 14.6. The molecule has 1 aliphatic heterocycles. The van der Waals surface area contributed by atoms with Gasteiger partial charge in [-0.05, 0) is 35.7 Å². The van der Waals surface area contributed by atoms with E-state index in [1.54, 1.807) is 0 Å². The summed E-state index contributed by atoms with van der Waals surface area (Å²) in [5.41, 5.74) is 1.07. The fourth-order valence-corrected chi connectivity index (χ4v) is 5.80. The Balaban J connectivity index is 0.000000676. The molecule has 15 heteroatoms. The number of carbonyl (C=O) groups is 2. The van der Waals surface area contributed by atoms with Gasteiger partial charge in [0.2, 0.25) is 15.9 Å². The van der Waals surface area contributed by atoms with Gasteiger partial charge in [-0.25, -0.2) is 17.9 Å². The summed E-state index contributed by atoms with van der Waals surface area (Å²) in [5.74, 6) is -3.53. The molecule has 3 aromatic rings. The quantitative estimate of drug-likeness (QED) is 0.267. The van der Waals surface area contributed by atoms with Gasteiger partial charge in [-0.15, -0.1) is 0 Å². The fraction of sp³-hybridized carbons (Fsp3) is 0.310. The number of nitrogens with one attached hydrogen (secondary N) is 3. The molecule has 8 nitrogen and oxygen atoms in total. The lowest BCUT2D eigenvalue weighted by atomic mass is 9.90. The van der Waals surface area contributed by atoms with Crippen LogP contribution in [0.2, 0.25) is 0 Å². The summed E-state index contributed by atoms with van der Waals surface area (Å²) in [6.07, 6.45) is -9.52. The van der Waals surface area contributed by atoms with Crippen LogP contribution >= 0.6 is 0 Å². The zero-order valence-electron chi connectivity index (χ0n) is 22.9. The minimum Gasteiger partial charge on any atom is -0.475 e. The fourth-order valence-electron chi connectivity index (χ4n) is 4.50. The van der Waals surface area contributed by atoms with Gasteiger partial charge < -0.3 is 15.7 Å². The predicted octanol–water partition coefficient (Wildman–Crippen LogP) is 4.54. The van der Waals surface area contributed by atoms with Crippen molar-refractivity contribution in [3.8, 4) is 0 Å². The van der Waals surface area contributed by atoms with Gasteiger partial charge in [0.1, 0.15) is 0 Å². The minimum atomic E-state index is -5.08. The Hall–Kier alpha value is -3.95. The molecule has 4 N–H and O–H groups in total. The molecule has 4 rings (SSSR count). The van der Waals surface area contributed by atoms with E-state index < -0.39 is 50.8 Å². The number of benzene rings is 3. The lowest BCUT2D eigenvalue weighted by Gasteiger charge is -2.30. The zero-order chi connectivity index (χ0) is 32.5. The van der Waals surface area contributed by atoms with Crippen LogP contribution in [-0.2, 0) is 25.8 Å². The van der Waals surface area contributed by atoms with Gasteiger partial charge in [0.05, 0.1) is 16.4 Å². The molecule has 0 saturated carbocycles. The minimum absolute atomic E-state index is 0.0573. The van der Waals surface area contributed by atoms with Gasteiger partial charge in [-0.1, -0.05) is 66.7 Å². The van der Waals surface area contributed by atoms with Crippen LogP contribution in [0.15, 0.2) is 89.8 Å². The second-order valence-electron chi connectivity index (χ2n) is 9.86. The van der Waals surface area contributed by atoms with E-state index in [9.17, 15) is 39.6 Å². The van der Waals surface area contributed by atoms with Gasteiger partial charge in [-0.2, -0.15) is 26.3 Å². The number of sulfonamides is 1.